The average molecular weight is 433 g/mol. The van der Waals surface area contributed by atoms with Crippen LogP contribution in [0.1, 0.15) is 17.5 Å². The number of halogens is 1. The van der Waals surface area contributed by atoms with Crippen LogP contribution in [-0.4, -0.2) is 29.6 Å². The monoisotopic (exact) mass is 432 g/mol. The summed E-state index contributed by atoms with van der Waals surface area (Å²) in [5.74, 6) is -0.557. The molecule has 0 aliphatic heterocycles. The van der Waals surface area contributed by atoms with Crippen LogP contribution in [0.4, 0.5) is 9.93 Å². The van der Waals surface area contributed by atoms with Gasteiger partial charge in [0.05, 0.1) is 16.6 Å². The number of rotatable bonds is 8. The van der Waals surface area contributed by atoms with Crippen molar-refractivity contribution < 1.29 is 14.3 Å². The van der Waals surface area contributed by atoms with Gasteiger partial charge in [-0.25, -0.2) is 9.78 Å². The Hall–Kier alpha value is -2.68. The predicted molar refractivity (Wildman–Crippen MR) is 115 cm³/mol. The van der Waals surface area contributed by atoms with Gasteiger partial charge >= 0.3 is 6.09 Å². The second-order valence-electron chi connectivity index (χ2n) is 6.49. The molecule has 0 saturated heterocycles. The van der Waals surface area contributed by atoms with E-state index in [4.69, 9.17) is 22.1 Å². The summed E-state index contributed by atoms with van der Waals surface area (Å²) >= 11 is 7.48. The first kappa shape index (κ1) is 21.0. The van der Waals surface area contributed by atoms with Gasteiger partial charge in [0.25, 0.3) is 0 Å². The summed E-state index contributed by atoms with van der Waals surface area (Å²) in [6.07, 6.45) is -1.50. The van der Waals surface area contributed by atoms with E-state index in [-0.39, 0.29) is 13.0 Å². The molecule has 7 nitrogen and oxygen atoms in total. The number of para-hydroxylation sites is 1. The van der Waals surface area contributed by atoms with Gasteiger partial charge in [-0.3, -0.25) is 10.1 Å². The van der Waals surface area contributed by atoms with E-state index < -0.39 is 18.1 Å². The number of primary amides is 1. The molecule has 2 aromatic carbocycles. The lowest BCUT2D eigenvalue weighted by molar-refractivity contribution is -0.119. The van der Waals surface area contributed by atoms with Crippen LogP contribution >= 0.6 is 22.9 Å². The molecule has 3 rings (SSSR count). The largest absolute Gasteiger partial charge is 0.444 e. The molecule has 152 valence electrons. The number of hydrogen-bond acceptors (Lipinski definition) is 6. The van der Waals surface area contributed by atoms with Crippen LogP contribution < -0.4 is 16.4 Å². The Labute approximate surface area is 177 Å². The summed E-state index contributed by atoms with van der Waals surface area (Å²) in [4.78, 5) is 28.0. The summed E-state index contributed by atoms with van der Waals surface area (Å²) in [7, 11) is 0. The highest BCUT2D eigenvalue weighted by atomic mass is 35.5. The molecule has 0 saturated carbocycles. The van der Waals surface area contributed by atoms with Crippen LogP contribution in [0.3, 0.4) is 0 Å². The van der Waals surface area contributed by atoms with Crippen LogP contribution in [-0.2, 0) is 16.1 Å². The van der Waals surface area contributed by atoms with Crippen molar-refractivity contribution in [2.24, 2.45) is 5.73 Å². The zero-order valence-corrected chi connectivity index (χ0v) is 17.3. The van der Waals surface area contributed by atoms with Crippen molar-refractivity contribution in [2.75, 3.05) is 11.9 Å². The Morgan fingerprint density at radius 3 is 2.76 bits per heavy atom. The molecule has 1 unspecified atom stereocenters. The molecule has 1 heterocycles. The van der Waals surface area contributed by atoms with Gasteiger partial charge in [-0.05, 0) is 30.2 Å². The third kappa shape index (κ3) is 5.90. The Morgan fingerprint density at radius 1 is 1.24 bits per heavy atom. The Morgan fingerprint density at radius 2 is 2.03 bits per heavy atom. The van der Waals surface area contributed by atoms with Crippen LogP contribution in [0.2, 0.25) is 5.02 Å². The second kappa shape index (κ2) is 9.69. The van der Waals surface area contributed by atoms with Gasteiger partial charge in [-0.15, -0.1) is 0 Å². The summed E-state index contributed by atoms with van der Waals surface area (Å²) < 4.78 is 6.35. The van der Waals surface area contributed by atoms with Gasteiger partial charge in [0.15, 0.2) is 5.13 Å². The number of aryl methyl sites for hydroxylation is 1. The maximum absolute atomic E-state index is 12.3. The SMILES string of the molecule is Cc1cccc2sc(NC(=O)OC(CNCc3ccccc3Cl)CC(N)=O)nc12. The molecule has 2 amide bonds. The van der Waals surface area contributed by atoms with Crippen molar-refractivity contribution in [2.45, 2.75) is 26.0 Å². The first-order valence-corrected chi connectivity index (χ1v) is 10.2. The molecule has 0 fully saturated rings. The number of hydrogen-bond donors (Lipinski definition) is 3. The molecule has 0 aliphatic rings. The van der Waals surface area contributed by atoms with Crippen molar-refractivity contribution in [3.05, 3.63) is 58.6 Å². The molecule has 0 radical (unpaired) electrons. The Bertz CT molecular complexity index is 1020. The fourth-order valence-corrected chi connectivity index (χ4v) is 3.93. The van der Waals surface area contributed by atoms with Gasteiger partial charge in [0.1, 0.15) is 6.10 Å². The maximum Gasteiger partial charge on any atom is 0.413 e. The van der Waals surface area contributed by atoms with E-state index in [1.807, 2.05) is 43.3 Å². The van der Waals surface area contributed by atoms with Crippen LogP contribution in [0.5, 0.6) is 0 Å². The molecular weight excluding hydrogens is 412 g/mol. The fourth-order valence-electron chi connectivity index (χ4n) is 2.80. The number of nitrogens with zero attached hydrogens (tertiary/aromatic N) is 1. The number of benzene rings is 2. The van der Waals surface area contributed by atoms with Crippen LogP contribution in [0, 0.1) is 6.92 Å². The Kier molecular flexibility index (Phi) is 7.03. The topological polar surface area (TPSA) is 106 Å². The first-order chi connectivity index (χ1) is 13.9. The number of carbonyl (C=O) groups excluding carboxylic acids is 2. The highest BCUT2D eigenvalue weighted by Gasteiger charge is 2.18. The van der Waals surface area contributed by atoms with Crippen LogP contribution in [0.15, 0.2) is 42.5 Å². The number of nitrogens with two attached hydrogens (primary N) is 1. The van der Waals surface area contributed by atoms with Crippen molar-refractivity contribution in [1.82, 2.24) is 10.3 Å². The van der Waals surface area contributed by atoms with E-state index in [9.17, 15) is 9.59 Å². The molecule has 29 heavy (non-hydrogen) atoms. The third-order valence-corrected chi connectivity index (χ3v) is 5.48. The van der Waals surface area contributed by atoms with Gasteiger partial charge in [0, 0.05) is 18.1 Å². The number of amides is 2. The lowest BCUT2D eigenvalue weighted by Crippen LogP contribution is -2.35. The molecule has 0 bridgehead atoms. The lowest BCUT2D eigenvalue weighted by atomic mass is 10.2. The molecular formula is C20H21ClN4O3S. The van der Waals surface area contributed by atoms with Crippen molar-refractivity contribution >= 4 is 50.3 Å². The minimum Gasteiger partial charge on any atom is -0.444 e. The number of fused-ring (bicyclic) bond motifs is 1. The van der Waals surface area contributed by atoms with Crippen molar-refractivity contribution in [1.29, 1.82) is 0 Å². The van der Waals surface area contributed by atoms with Crippen molar-refractivity contribution in [3.63, 3.8) is 0 Å². The molecule has 1 atom stereocenters. The average Bonchev–Trinajstić information content (AvgIpc) is 3.06. The summed E-state index contributed by atoms with van der Waals surface area (Å²) in [5.41, 5.74) is 8.05. The molecule has 1 aromatic heterocycles. The molecule has 9 heteroatoms. The zero-order valence-electron chi connectivity index (χ0n) is 15.8. The number of ether oxygens (including phenoxy) is 1. The van der Waals surface area contributed by atoms with E-state index >= 15 is 0 Å². The van der Waals surface area contributed by atoms with E-state index in [0.29, 0.717) is 16.7 Å². The fraction of sp³-hybridized carbons (Fsp3) is 0.250. The van der Waals surface area contributed by atoms with Gasteiger partial charge in [-0.2, -0.15) is 0 Å². The summed E-state index contributed by atoms with van der Waals surface area (Å²) in [6, 6.07) is 13.2. The molecule has 4 N–H and O–H groups in total. The minimum atomic E-state index is -0.717. The zero-order chi connectivity index (χ0) is 20.8. The number of thiazole rings is 1. The standard InChI is InChI=1S/C20H21ClN4O3S/c1-12-5-4-8-16-18(12)24-19(29-16)25-20(27)28-14(9-17(22)26)11-23-10-13-6-2-3-7-15(13)21/h2-8,14,23H,9-11H2,1H3,(H2,22,26)(H,24,25,27). The molecule has 0 spiro atoms. The van der Waals surface area contributed by atoms with Gasteiger partial charge < -0.3 is 15.8 Å². The number of aromatic nitrogens is 1. The van der Waals surface area contributed by atoms with Gasteiger partial charge in [0.2, 0.25) is 5.91 Å². The number of anilines is 1. The summed E-state index contributed by atoms with van der Waals surface area (Å²) in [6.45, 7) is 2.68. The Balaban J connectivity index is 1.58. The molecule has 3 aromatic rings. The quantitative estimate of drug-likeness (QED) is 0.501. The molecule has 0 aliphatic carbocycles. The third-order valence-electron chi connectivity index (χ3n) is 4.18. The van der Waals surface area contributed by atoms with E-state index in [0.717, 1.165) is 21.3 Å². The van der Waals surface area contributed by atoms with E-state index in [2.05, 4.69) is 15.6 Å². The lowest BCUT2D eigenvalue weighted by Gasteiger charge is -2.17. The smallest absolute Gasteiger partial charge is 0.413 e. The van der Waals surface area contributed by atoms with Crippen LogP contribution in [0.25, 0.3) is 10.2 Å². The van der Waals surface area contributed by atoms with Crippen molar-refractivity contribution in [3.8, 4) is 0 Å². The highest BCUT2D eigenvalue weighted by Crippen LogP contribution is 2.28. The van der Waals surface area contributed by atoms with E-state index in [1.165, 1.54) is 11.3 Å². The first-order valence-electron chi connectivity index (χ1n) is 8.98. The highest BCUT2D eigenvalue weighted by molar-refractivity contribution is 7.22. The number of nitrogens with one attached hydrogen (secondary N) is 2. The minimum absolute atomic E-state index is 0.0953. The summed E-state index contributed by atoms with van der Waals surface area (Å²) in [5, 5.41) is 6.83. The predicted octanol–water partition coefficient (Wildman–Crippen LogP) is 3.84. The van der Waals surface area contributed by atoms with Gasteiger partial charge in [-0.1, -0.05) is 53.3 Å². The second-order valence-corrected chi connectivity index (χ2v) is 7.92. The van der Waals surface area contributed by atoms with E-state index in [1.54, 1.807) is 6.07 Å². The number of carbonyl (C=O) groups is 2. The maximum atomic E-state index is 12.3. The normalized spacial score (nSPS) is 11.9.